The lowest BCUT2D eigenvalue weighted by atomic mass is 10.0. The third kappa shape index (κ3) is 4.72. The van der Waals surface area contributed by atoms with Crippen molar-refractivity contribution < 1.29 is 17.9 Å². The monoisotopic (exact) mass is 433 g/mol. The van der Waals surface area contributed by atoms with Crippen LogP contribution >= 0.6 is 23.2 Å². The maximum Gasteiger partial charge on any atom is 0.345 e. The molecule has 28 heavy (non-hydrogen) atoms. The lowest BCUT2D eigenvalue weighted by Gasteiger charge is -2.12. The number of ether oxygens (including phenoxy) is 1. The molecule has 0 aliphatic heterocycles. The fraction of sp³-hybridized carbons (Fsp3) is 0.412. The van der Waals surface area contributed by atoms with E-state index >= 15 is 0 Å². The number of hydrogen-bond donors (Lipinski definition) is 2. The molecule has 0 fully saturated rings. The molecule has 0 aliphatic rings. The number of nitrogens with two attached hydrogens (primary N) is 1. The van der Waals surface area contributed by atoms with E-state index in [1.807, 2.05) is 13.0 Å². The van der Waals surface area contributed by atoms with Crippen LogP contribution in [0.1, 0.15) is 23.3 Å². The minimum atomic E-state index is -2.81. The van der Waals surface area contributed by atoms with Gasteiger partial charge in [0, 0.05) is 6.04 Å². The summed E-state index contributed by atoms with van der Waals surface area (Å²) in [7, 11) is 0. The molecule has 0 saturated heterocycles. The fourth-order valence-electron chi connectivity index (χ4n) is 2.92. The van der Waals surface area contributed by atoms with E-state index in [1.54, 1.807) is 12.3 Å². The van der Waals surface area contributed by atoms with Gasteiger partial charge in [-0.15, -0.1) is 5.10 Å². The number of nitrogens with zero attached hydrogens (tertiary/aromatic N) is 3. The highest BCUT2D eigenvalue weighted by molar-refractivity contribution is 6.31. The third-order valence-corrected chi connectivity index (χ3v) is 4.82. The highest BCUT2D eigenvalue weighted by Crippen LogP contribution is 2.32. The molecule has 7 nitrogen and oxygen atoms in total. The second-order valence-electron chi connectivity index (χ2n) is 6.20. The van der Waals surface area contributed by atoms with Gasteiger partial charge in [-0.05, 0) is 54.6 Å². The maximum atomic E-state index is 12.1. The summed E-state index contributed by atoms with van der Waals surface area (Å²) in [4.78, 5) is 4.25. The van der Waals surface area contributed by atoms with Gasteiger partial charge in [-0.3, -0.25) is 0 Å². The Morgan fingerprint density at radius 2 is 2.18 bits per heavy atom. The average Bonchev–Trinajstić information content (AvgIpc) is 3.23. The number of alkyl halides is 2. The predicted octanol–water partition coefficient (Wildman–Crippen LogP) is 4.05. The Morgan fingerprint density at radius 3 is 2.86 bits per heavy atom. The molecule has 11 heteroatoms. The Morgan fingerprint density at radius 1 is 1.39 bits per heavy atom. The maximum absolute atomic E-state index is 12.1. The van der Waals surface area contributed by atoms with Crippen molar-refractivity contribution in [3.8, 4) is 0 Å². The zero-order valence-electron chi connectivity index (χ0n) is 15.0. The first-order valence-corrected chi connectivity index (χ1v) is 9.27. The quantitative estimate of drug-likeness (QED) is 0.528. The number of anilines is 1. The van der Waals surface area contributed by atoms with E-state index in [9.17, 15) is 8.78 Å². The largest absolute Gasteiger partial charge is 0.467 e. The second-order valence-corrected chi connectivity index (χ2v) is 6.90. The number of aromatic nitrogens is 3. The van der Waals surface area contributed by atoms with Crippen molar-refractivity contribution in [2.45, 2.75) is 39.0 Å². The topological polar surface area (TPSA) is 90.6 Å². The zero-order valence-corrected chi connectivity index (χ0v) is 16.5. The first-order chi connectivity index (χ1) is 13.4. The van der Waals surface area contributed by atoms with E-state index in [-0.39, 0.29) is 18.3 Å². The molecule has 0 aromatic carbocycles. The summed E-state index contributed by atoms with van der Waals surface area (Å²) in [5.74, 6) is 1.22. The fourth-order valence-corrected chi connectivity index (χ4v) is 3.42. The van der Waals surface area contributed by atoms with Gasteiger partial charge in [0.1, 0.15) is 16.4 Å². The number of hydrogen-bond acceptors (Lipinski definition) is 6. The van der Waals surface area contributed by atoms with Gasteiger partial charge in [0.25, 0.3) is 0 Å². The number of rotatable bonds is 9. The van der Waals surface area contributed by atoms with Crippen molar-refractivity contribution in [2.75, 3.05) is 11.9 Å². The van der Waals surface area contributed by atoms with Crippen LogP contribution < -0.4 is 11.1 Å². The summed E-state index contributed by atoms with van der Waals surface area (Å²) in [6, 6.07) is 3.21. The molecule has 0 unspecified atom stereocenters. The van der Waals surface area contributed by atoms with E-state index in [2.05, 4.69) is 20.1 Å². The lowest BCUT2D eigenvalue weighted by molar-refractivity contribution is -0.129. The number of fused-ring (bicyclic) bond motifs is 1. The van der Waals surface area contributed by atoms with Gasteiger partial charge in [0.2, 0.25) is 5.28 Å². The highest BCUT2D eigenvalue weighted by atomic mass is 35.5. The smallest absolute Gasteiger partial charge is 0.345 e. The van der Waals surface area contributed by atoms with Gasteiger partial charge >= 0.3 is 6.61 Å². The molecule has 3 N–H and O–H groups in total. The Hall–Kier alpha value is -1.94. The van der Waals surface area contributed by atoms with Crippen LogP contribution in [0.25, 0.3) is 5.52 Å². The molecule has 0 amide bonds. The molecule has 1 atom stereocenters. The molecule has 0 spiro atoms. The minimum absolute atomic E-state index is 0.0209. The van der Waals surface area contributed by atoms with E-state index in [0.29, 0.717) is 29.5 Å². The molecule has 0 aliphatic carbocycles. The summed E-state index contributed by atoms with van der Waals surface area (Å²) >= 11 is 12.5. The van der Waals surface area contributed by atoms with E-state index in [4.69, 9.17) is 33.4 Å². The van der Waals surface area contributed by atoms with Gasteiger partial charge in [0.05, 0.1) is 19.4 Å². The average molecular weight is 434 g/mol. The number of halogens is 4. The van der Waals surface area contributed by atoms with Crippen molar-refractivity contribution >= 4 is 34.5 Å². The normalized spacial score (nSPS) is 12.8. The second kappa shape index (κ2) is 9.04. The molecule has 0 bridgehead atoms. The number of aryl methyl sites for hydroxylation is 1. The van der Waals surface area contributed by atoms with Crippen molar-refractivity contribution in [3.63, 3.8) is 0 Å². The minimum Gasteiger partial charge on any atom is -0.467 e. The Bertz CT molecular complexity index is 934. The molecule has 0 saturated carbocycles. The first kappa shape index (κ1) is 20.8. The van der Waals surface area contributed by atoms with Crippen LogP contribution in [0.5, 0.6) is 0 Å². The molecule has 3 rings (SSSR count). The molecule has 3 aromatic rings. The van der Waals surface area contributed by atoms with Crippen molar-refractivity contribution in [3.05, 3.63) is 45.7 Å². The van der Waals surface area contributed by atoms with Gasteiger partial charge in [-0.1, -0.05) is 11.6 Å². The molecule has 3 aromatic heterocycles. The van der Waals surface area contributed by atoms with Gasteiger partial charge < -0.3 is 20.2 Å². The Balaban J connectivity index is 1.85. The zero-order chi connectivity index (χ0) is 20.3. The van der Waals surface area contributed by atoms with Crippen LogP contribution in [-0.2, 0) is 17.7 Å². The molecule has 152 valence electrons. The highest BCUT2D eigenvalue weighted by Gasteiger charge is 2.21. The van der Waals surface area contributed by atoms with Crippen molar-refractivity contribution in [1.82, 2.24) is 14.6 Å². The van der Waals surface area contributed by atoms with Crippen LogP contribution in [0.2, 0.25) is 10.4 Å². The summed E-state index contributed by atoms with van der Waals surface area (Å²) in [6.45, 7) is -0.675. The first-order valence-electron chi connectivity index (χ1n) is 8.51. The standard InChI is InChI=1S/C17H19Cl2F2N5O2/c1-9-12(7-10(22)4-6-28-17(20)21)14(18)26-13(9)15(24-16(19)25-26)23-8-11-3-2-5-27-11/h2-3,5,10,17H,4,6-8,22H2,1H3,(H,23,24,25)/t10-/m0/s1. The SMILES string of the molecule is Cc1c(C[C@@H](N)CCOC(F)F)c(Cl)n2nc(Cl)nc(NCc3ccco3)c12. The van der Waals surface area contributed by atoms with Crippen LogP contribution in [0.3, 0.4) is 0 Å². The Labute approximate surface area is 169 Å². The summed E-state index contributed by atoms with van der Waals surface area (Å²) in [5, 5.41) is 7.71. The van der Waals surface area contributed by atoms with Crippen LogP contribution in [0, 0.1) is 6.92 Å². The van der Waals surface area contributed by atoms with Gasteiger partial charge in [-0.2, -0.15) is 13.8 Å². The number of furan rings is 1. The van der Waals surface area contributed by atoms with E-state index in [1.165, 1.54) is 4.52 Å². The van der Waals surface area contributed by atoms with E-state index < -0.39 is 12.7 Å². The molecule has 0 radical (unpaired) electrons. The van der Waals surface area contributed by atoms with Crippen molar-refractivity contribution in [2.24, 2.45) is 5.73 Å². The van der Waals surface area contributed by atoms with Gasteiger partial charge in [-0.25, -0.2) is 4.52 Å². The molecular formula is C17H19Cl2F2N5O2. The molecule has 3 heterocycles. The van der Waals surface area contributed by atoms with Crippen molar-refractivity contribution in [1.29, 1.82) is 0 Å². The van der Waals surface area contributed by atoms with E-state index in [0.717, 1.165) is 16.9 Å². The van der Waals surface area contributed by atoms with Crippen LogP contribution in [0.15, 0.2) is 22.8 Å². The Kier molecular flexibility index (Phi) is 6.71. The van der Waals surface area contributed by atoms with Gasteiger partial charge in [0.15, 0.2) is 5.82 Å². The van der Waals surface area contributed by atoms with Crippen LogP contribution in [-0.4, -0.2) is 33.9 Å². The third-order valence-electron chi connectivity index (χ3n) is 4.27. The van der Waals surface area contributed by atoms with Crippen LogP contribution in [0.4, 0.5) is 14.6 Å². The number of nitrogens with one attached hydrogen (secondary N) is 1. The summed E-state index contributed by atoms with van der Waals surface area (Å²) in [6.07, 6.45) is 2.22. The predicted molar refractivity (Wildman–Crippen MR) is 102 cm³/mol. The summed E-state index contributed by atoms with van der Waals surface area (Å²) < 4.78 is 35.3. The molecular weight excluding hydrogens is 415 g/mol. The lowest BCUT2D eigenvalue weighted by Crippen LogP contribution is -2.25. The summed E-state index contributed by atoms with van der Waals surface area (Å²) in [5.41, 5.74) is 8.30.